The standard InChI is InChI=1S/2C40H76O4.Ca/c2*1-3-5-7-9-11-13-15-17-19-21-23-25-27-29-31-33-35-38(37-39(41)42)40(43)44-36-34-32-30-28-26-24-22-20-18-16-14-12-10-8-6-4-2;/h2*31,33,38H,3-30,32,34-37H2,1-2H3,(H,41,42);/q;;+2/b2*33-31+;. The summed E-state index contributed by atoms with van der Waals surface area (Å²) in [6.07, 6.45) is 88.1. The zero-order valence-electron chi connectivity index (χ0n) is 60.2. The molecule has 0 saturated heterocycles. The fourth-order valence-electron chi connectivity index (χ4n) is 12.1. The second-order valence-electron chi connectivity index (χ2n) is 27.0. The molecule has 8 nitrogen and oxygen atoms in total. The molecule has 520 valence electrons. The fraction of sp³-hybridized carbons (Fsp3) is 0.900. The summed E-state index contributed by atoms with van der Waals surface area (Å²) in [5, 5.41) is 18.5. The van der Waals surface area contributed by atoms with Crippen LogP contribution in [0.4, 0.5) is 0 Å². The predicted octanol–water partition coefficient (Wildman–Crippen LogP) is 26.2. The quantitative estimate of drug-likeness (QED) is 0.0267. The number of allylic oxidation sites excluding steroid dienone is 4. The number of hydrogen-bond acceptors (Lipinski definition) is 6. The third-order valence-corrected chi connectivity index (χ3v) is 18.1. The van der Waals surface area contributed by atoms with Crippen LogP contribution in [0.15, 0.2) is 24.3 Å². The van der Waals surface area contributed by atoms with Crippen molar-refractivity contribution in [2.24, 2.45) is 11.8 Å². The van der Waals surface area contributed by atoms with Crippen molar-refractivity contribution in [1.82, 2.24) is 0 Å². The Morgan fingerprint density at radius 1 is 0.258 bits per heavy atom. The number of hydrogen-bond donors (Lipinski definition) is 2. The summed E-state index contributed by atoms with van der Waals surface area (Å²) in [5.74, 6) is -3.70. The molecule has 89 heavy (non-hydrogen) atoms. The molecule has 0 aliphatic carbocycles. The monoisotopic (exact) mass is 1280 g/mol. The molecule has 2 N–H and O–H groups in total. The van der Waals surface area contributed by atoms with Crippen LogP contribution in [-0.4, -0.2) is 85.0 Å². The second-order valence-corrected chi connectivity index (χ2v) is 27.0. The van der Waals surface area contributed by atoms with Crippen LogP contribution in [0.5, 0.6) is 0 Å². The molecule has 0 radical (unpaired) electrons. The van der Waals surface area contributed by atoms with E-state index in [4.69, 9.17) is 9.47 Å². The van der Waals surface area contributed by atoms with Crippen LogP contribution >= 0.6 is 0 Å². The summed E-state index contributed by atoms with van der Waals surface area (Å²) in [6.45, 7) is 9.93. The largest absolute Gasteiger partial charge is 2.00 e. The minimum absolute atomic E-state index is 0. The van der Waals surface area contributed by atoms with Gasteiger partial charge in [-0.05, 0) is 51.4 Å². The van der Waals surface area contributed by atoms with Crippen molar-refractivity contribution in [3.05, 3.63) is 24.3 Å². The first-order valence-corrected chi connectivity index (χ1v) is 39.3. The minimum atomic E-state index is -0.931. The van der Waals surface area contributed by atoms with Crippen LogP contribution in [-0.2, 0) is 28.7 Å². The number of rotatable bonds is 72. The molecule has 0 heterocycles. The number of carboxylic acid groups (broad SMARTS) is 2. The Labute approximate surface area is 584 Å². The van der Waals surface area contributed by atoms with Crippen molar-refractivity contribution < 1.29 is 38.9 Å². The Morgan fingerprint density at radius 2 is 0.427 bits per heavy atom. The Hall–Kier alpha value is -1.38. The number of esters is 2. The Kier molecular flexibility index (Phi) is 83.4. The van der Waals surface area contributed by atoms with E-state index in [0.717, 1.165) is 38.5 Å². The maximum Gasteiger partial charge on any atom is 2.00 e. The van der Waals surface area contributed by atoms with Crippen LogP contribution in [0.25, 0.3) is 0 Å². The normalized spacial score (nSPS) is 12.1. The second kappa shape index (κ2) is 80.9. The zero-order chi connectivity index (χ0) is 64.4. The van der Waals surface area contributed by atoms with Gasteiger partial charge in [-0.15, -0.1) is 0 Å². The maximum absolute atomic E-state index is 12.5. The Balaban J connectivity index is -0.00000164. The molecule has 0 saturated carbocycles. The van der Waals surface area contributed by atoms with E-state index in [1.165, 1.54) is 347 Å². The topological polar surface area (TPSA) is 127 Å². The third-order valence-electron chi connectivity index (χ3n) is 18.1. The van der Waals surface area contributed by atoms with E-state index in [9.17, 15) is 29.4 Å². The molecule has 0 bridgehead atoms. The van der Waals surface area contributed by atoms with E-state index in [1.807, 2.05) is 12.2 Å². The number of ether oxygens (including phenoxy) is 2. The molecule has 0 aliphatic rings. The molecule has 0 aliphatic heterocycles. The molecule has 0 aromatic rings. The van der Waals surface area contributed by atoms with Crippen molar-refractivity contribution in [2.75, 3.05) is 13.2 Å². The molecule has 0 fully saturated rings. The van der Waals surface area contributed by atoms with E-state index in [0.29, 0.717) is 26.1 Å². The van der Waals surface area contributed by atoms with Crippen LogP contribution in [0, 0.1) is 11.8 Å². The summed E-state index contributed by atoms with van der Waals surface area (Å²) in [5.41, 5.74) is 0. The summed E-state index contributed by atoms with van der Waals surface area (Å²) in [4.78, 5) is 47.6. The molecule has 2 atom stereocenters. The van der Waals surface area contributed by atoms with Gasteiger partial charge in [0, 0.05) is 0 Å². The van der Waals surface area contributed by atoms with E-state index < -0.39 is 23.8 Å². The van der Waals surface area contributed by atoms with Crippen LogP contribution < -0.4 is 0 Å². The molecular formula is C80H152CaO8+2. The molecular weight excluding hydrogens is 1130 g/mol. The van der Waals surface area contributed by atoms with Gasteiger partial charge < -0.3 is 19.7 Å². The minimum Gasteiger partial charge on any atom is -0.481 e. The predicted molar refractivity (Wildman–Crippen MR) is 386 cm³/mol. The first-order valence-electron chi connectivity index (χ1n) is 39.3. The van der Waals surface area contributed by atoms with E-state index in [1.54, 1.807) is 0 Å². The molecule has 0 aromatic heterocycles. The zero-order valence-corrected chi connectivity index (χ0v) is 62.4. The smallest absolute Gasteiger partial charge is 0.481 e. The number of aliphatic carboxylic acids is 2. The summed E-state index contributed by atoms with van der Waals surface area (Å²) >= 11 is 0. The van der Waals surface area contributed by atoms with Gasteiger partial charge in [0.05, 0.1) is 37.9 Å². The summed E-state index contributed by atoms with van der Waals surface area (Å²) < 4.78 is 10.9. The molecule has 9 heteroatoms. The average molecular weight is 1280 g/mol. The third kappa shape index (κ3) is 79.0. The fourth-order valence-corrected chi connectivity index (χ4v) is 12.1. The van der Waals surface area contributed by atoms with Crippen molar-refractivity contribution >= 4 is 61.6 Å². The van der Waals surface area contributed by atoms with Gasteiger partial charge in [-0.25, -0.2) is 0 Å². The summed E-state index contributed by atoms with van der Waals surface area (Å²) in [6, 6.07) is 0. The van der Waals surface area contributed by atoms with Gasteiger partial charge in [0.25, 0.3) is 0 Å². The number of carboxylic acids is 2. The first kappa shape index (κ1) is 91.8. The molecule has 0 aromatic carbocycles. The van der Waals surface area contributed by atoms with Crippen LogP contribution in [0.3, 0.4) is 0 Å². The van der Waals surface area contributed by atoms with Crippen molar-refractivity contribution in [1.29, 1.82) is 0 Å². The van der Waals surface area contributed by atoms with E-state index in [-0.39, 0.29) is 62.5 Å². The number of unbranched alkanes of at least 4 members (excludes halogenated alkanes) is 56. The summed E-state index contributed by atoms with van der Waals surface area (Å²) in [7, 11) is 0. The molecule has 0 spiro atoms. The van der Waals surface area contributed by atoms with Gasteiger partial charge in [0.2, 0.25) is 0 Å². The van der Waals surface area contributed by atoms with Gasteiger partial charge in [0.15, 0.2) is 0 Å². The molecule has 0 amide bonds. The average Bonchev–Trinajstić information content (AvgIpc) is 3.57. The Bertz CT molecular complexity index is 1370. The van der Waals surface area contributed by atoms with Crippen molar-refractivity contribution in [2.45, 2.75) is 439 Å². The Morgan fingerprint density at radius 3 is 0.607 bits per heavy atom. The van der Waals surface area contributed by atoms with Gasteiger partial charge in [-0.1, -0.05) is 399 Å². The van der Waals surface area contributed by atoms with Crippen LogP contribution in [0.2, 0.25) is 0 Å². The maximum atomic E-state index is 12.5. The van der Waals surface area contributed by atoms with E-state index >= 15 is 0 Å². The van der Waals surface area contributed by atoms with Gasteiger partial charge in [0.1, 0.15) is 0 Å². The van der Waals surface area contributed by atoms with Crippen molar-refractivity contribution in [3.63, 3.8) is 0 Å². The molecule has 0 rings (SSSR count). The first-order chi connectivity index (χ1) is 43.2. The SMILES string of the molecule is CCCCCCCCCCCCCCC/C=C/CC(CC(=O)O)C(=O)OCCCCCCCCCCCCCCCCCC.CCCCCCCCCCCCCCC/C=C/CC(CC(=O)O)C(=O)OCCCCCCCCCCCCCCCCCC.[Ca+2]. The van der Waals surface area contributed by atoms with E-state index in [2.05, 4.69) is 39.8 Å². The van der Waals surface area contributed by atoms with Gasteiger partial charge >= 0.3 is 61.6 Å². The van der Waals surface area contributed by atoms with Crippen molar-refractivity contribution in [3.8, 4) is 0 Å². The van der Waals surface area contributed by atoms with Crippen LogP contribution in [0.1, 0.15) is 439 Å². The molecule has 2 unspecified atom stereocenters. The van der Waals surface area contributed by atoms with Gasteiger partial charge in [-0.3, -0.25) is 19.2 Å². The number of carbonyl (C=O) groups is 4. The number of carbonyl (C=O) groups excluding carboxylic acids is 2. The van der Waals surface area contributed by atoms with Gasteiger partial charge in [-0.2, -0.15) is 0 Å².